The van der Waals surface area contributed by atoms with Crippen LogP contribution in [0.15, 0.2) is 24.3 Å². The van der Waals surface area contributed by atoms with Crippen molar-refractivity contribution in [3.63, 3.8) is 0 Å². The van der Waals surface area contributed by atoms with E-state index in [-0.39, 0.29) is 23.4 Å². The van der Waals surface area contributed by atoms with Crippen LogP contribution in [-0.4, -0.2) is 24.0 Å². The van der Waals surface area contributed by atoms with Gasteiger partial charge in [-0.3, -0.25) is 0 Å². The number of carbonyl (C=O) groups excluding carboxylic acids is 2. The first-order valence-corrected chi connectivity index (χ1v) is 6.63. The average Bonchev–Trinajstić information content (AvgIpc) is 2.81. The summed E-state index contributed by atoms with van der Waals surface area (Å²) in [5.41, 5.74) is 1.69. The zero-order valence-electron chi connectivity index (χ0n) is 12.5. The summed E-state index contributed by atoms with van der Waals surface area (Å²) < 4.78 is 23.3. The predicted molar refractivity (Wildman–Crippen MR) is 77.1 cm³/mol. The number of hydrogen-bond acceptors (Lipinski definition) is 4. The third-order valence-corrected chi connectivity index (χ3v) is 3.41. The van der Waals surface area contributed by atoms with Crippen LogP contribution in [0.4, 0.5) is 4.39 Å². The lowest BCUT2D eigenvalue weighted by atomic mass is 10.1. The van der Waals surface area contributed by atoms with Crippen molar-refractivity contribution in [1.29, 1.82) is 0 Å². The van der Waals surface area contributed by atoms with Crippen LogP contribution in [0.2, 0.25) is 0 Å². The number of aromatic amines is 1. The molecule has 0 bridgehead atoms. The Hall–Kier alpha value is -2.63. The molecule has 0 amide bonds. The van der Waals surface area contributed by atoms with E-state index in [0.29, 0.717) is 11.3 Å². The van der Waals surface area contributed by atoms with E-state index in [1.807, 2.05) is 0 Å². The first-order chi connectivity index (χ1) is 10.5. The molecule has 0 spiro atoms. The molecule has 0 unspecified atom stereocenters. The monoisotopic (exact) mass is 305 g/mol. The lowest BCUT2D eigenvalue weighted by Gasteiger charge is -2.06. The molecule has 0 fully saturated rings. The number of methoxy groups -OCH3 is 1. The molecule has 1 aromatic heterocycles. The Balaban J connectivity index is 2.22. The minimum absolute atomic E-state index is 0.0122. The number of ether oxygens (including phenoxy) is 2. The van der Waals surface area contributed by atoms with Crippen LogP contribution < -0.4 is 0 Å². The zero-order valence-corrected chi connectivity index (χ0v) is 12.5. The molecule has 1 N–H and O–H groups in total. The van der Waals surface area contributed by atoms with Gasteiger partial charge in [-0.25, -0.2) is 14.0 Å². The van der Waals surface area contributed by atoms with Crippen LogP contribution in [0.25, 0.3) is 0 Å². The number of H-pyrrole nitrogens is 1. The van der Waals surface area contributed by atoms with E-state index in [9.17, 15) is 14.0 Å². The number of halogens is 1. The van der Waals surface area contributed by atoms with Gasteiger partial charge >= 0.3 is 11.9 Å². The fraction of sp³-hybridized carbons (Fsp3) is 0.250. The first kappa shape index (κ1) is 15.8. The van der Waals surface area contributed by atoms with Crippen LogP contribution >= 0.6 is 0 Å². The Morgan fingerprint density at radius 3 is 2.50 bits per heavy atom. The third kappa shape index (κ3) is 3.00. The highest BCUT2D eigenvalue weighted by Gasteiger charge is 2.25. The van der Waals surface area contributed by atoms with Crippen LogP contribution in [0.5, 0.6) is 0 Å². The Kier molecular flexibility index (Phi) is 4.60. The van der Waals surface area contributed by atoms with Gasteiger partial charge in [0.25, 0.3) is 0 Å². The SMILES string of the molecule is COC(=O)c1c(C(=O)OCc2ccccc2F)[nH]c(C)c1C. The smallest absolute Gasteiger partial charge is 0.355 e. The van der Waals surface area contributed by atoms with Crippen molar-refractivity contribution in [2.24, 2.45) is 0 Å². The van der Waals surface area contributed by atoms with Gasteiger partial charge in [0.15, 0.2) is 0 Å². The lowest BCUT2D eigenvalue weighted by Crippen LogP contribution is -2.13. The molecule has 0 atom stereocenters. The standard InChI is InChI=1S/C16H16FNO4/c1-9-10(2)18-14(13(9)15(19)21-3)16(20)22-8-11-6-4-5-7-12(11)17/h4-7,18H,8H2,1-3H3. The van der Waals surface area contributed by atoms with Gasteiger partial charge in [-0.1, -0.05) is 18.2 Å². The van der Waals surface area contributed by atoms with Gasteiger partial charge in [0, 0.05) is 11.3 Å². The molecular formula is C16H16FNO4. The van der Waals surface area contributed by atoms with E-state index in [1.165, 1.54) is 19.2 Å². The van der Waals surface area contributed by atoms with Gasteiger partial charge in [-0.05, 0) is 25.5 Å². The molecule has 1 heterocycles. The van der Waals surface area contributed by atoms with Crippen molar-refractivity contribution in [2.75, 3.05) is 7.11 Å². The van der Waals surface area contributed by atoms with E-state index >= 15 is 0 Å². The minimum Gasteiger partial charge on any atom is -0.465 e. The van der Waals surface area contributed by atoms with E-state index in [2.05, 4.69) is 9.72 Å². The molecule has 22 heavy (non-hydrogen) atoms. The summed E-state index contributed by atoms with van der Waals surface area (Å²) >= 11 is 0. The van der Waals surface area contributed by atoms with Crippen molar-refractivity contribution in [3.05, 3.63) is 58.2 Å². The van der Waals surface area contributed by atoms with Gasteiger partial charge in [-0.15, -0.1) is 0 Å². The molecule has 0 radical (unpaired) electrons. The average molecular weight is 305 g/mol. The van der Waals surface area contributed by atoms with Crippen molar-refractivity contribution >= 4 is 11.9 Å². The number of carbonyl (C=O) groups is 2. The Bertz CT molecular complexity index is 721. The highest BCUT2D eigenvalue weighted by Crippen LogP contribution is 2.20. The van der Waals surface area contributed by atoms with Crippen LogP contribution in [-0.2, 0) is 16.1 Å². The second-order valence-corrected chi connectivity index (χ2v) is 4.78. The molecule has 1 aromatic carbocycles. The highest BCUT2D eigenvalue weighted by atomic mass is 19.1. The van der Waals surface area contributed by atoms with Crippen molar-refractivity contribution in [2.45, 2.75) is 20.5 Å². The number of benzene rings is 1. The lowest BCUT2D eigenvalue weighted by molar-refractivity contribution is 0.0448. The molecule has 6 heteroatoms. The van der Waals surface area contributed by atoms with E-state index in [1.54, 1.807) is 26.0 Å². The Labute approximate surface area is 127 Å². The highest BCUT2D eigenvalue weighted by molar-refractivity contribution is 6.03. The fourth-order valence-corrected chi connectivity index (χ4v) is 2.06. The summed E-state index contributed by atoms with van der Waals surface area (Å²) in [7, 11) is 1.23. The van der Waals surface area contributed by atoms with Crippen LogP contribution in [0.1, 0.15) is 37.7 Å². The molecule has 5 nitrogen and oxygen atoms in total. The number of rotatable bonds is 4. The van der Waals surface area contributed by atoms with Crippen molar-refractivity contribution < 1.29 is 23.5 Å². The molecule has 116 valence electrons. The second-order valence-electron chi connectivity index (χ2n) is 4.78. The van der Waals surface area contributed by atoms with E-state index in [4.69, 9.17) is 4.74 Å². The molecule has 2 rings (SSSR count). The summed E-state index contributed by atoms with van der Waals surface area (Å²) in [5.74, 6) is -1.82. The van der Waals surface area contributed by atoms with Crippen LogP contribution in [0, 0.1) is 19.7 Å². The maximum Gasteiger partial charge on any atom is 0.355 e. The summed E-state index contributed by atoms with van der Waals surface area (Å²) in [6, 6.07) is 6.00. The topological polar surface area (TPSA) is 68.4 Å². The molecule has 0 saturated heterocycles. The first-order valence-electron chi connectivity index (χ1n) is 6.63. The number of hydrogen-bond donors (Lipinski definition) is 1. The molecular weight excluding hydrogens is 289 g/mol. The van der Waals surface area contributed by atoms with Crippen molar-refractivity contribution in [1.82, 2.24) is 4.98 Å². The minimum atomic E-state index is -0.736. The zero-order chi connectivity index (χ0) is 16.3. The van der Waals surface area contributed by atoms with E-state index in [0.717, 1.165) is 0 Å². The quantitative estimate of drug-likeness (QED) is 0.882. The maximum atomic E-state index is 13.5. The fourth-order valence-electron chi connectivity index (χ4n) is 2.06. The predicted octanol–water partition coefficient (Wildman–Crippen LogP) is 2.91. The Morgan fingerprint density at radius 1 is 1.18 bits per heavy atom. The summed E-state index contributed by atoms with van der Waals surface area (Å²) in [6.07, 6.45) is 0. The number of aryl methyl sites for hydroxylation is 1. The summed E-state index contributed by atoms with van der Waals surface area (Å²) in [4.78, 5) is 26.8. The number of esters is 2. The molecule has 0 saturated carbocycles. The molecule has 0 aliphatic carbocycles. The molecule has 0 aliphatic heterocycles. The number of nitrogens with one attached hydrogen (secondary N) is 1. The summed E-state index contributed by atoms with van der Waals surface area (Å²) in [6.45, 7) is 3.21. The van der Waals surface area contributed by atoms with Gasteiger partial charge in [0.2, 0.25) is 0 Å². The summed E-state index contributed by atoms with van der Waals surface area (Å²) in [5, 5.41) is 0. The molecule has 0 aliphatic rings. The van der Waals surface area contributed by atoms with Gasteiger partial charge < -0.3 is 14.5 Å². The maximum absolute atomic E-state index is 13.5. The normalized spacial score (nSPS) is 10.4. The Morgan fingerprint density at radius 2 is 1.86 bits per heavy atom. The van der Waals surface area contributed by atoms with Gasteiger partial charge in [0.05, 0.1) is 12.7 Å². The van der Waals surface area contributed by atoms with Crippen LogP contribution in [0.3, 0.4) is 0 Å². The second kappa shape index (κ2) is 6.43. The largest absolute Gasteiger partial charge is 0.465 e. The van der Waals surface area contributed by atoms with Gasteiger partial charge in [0.1, 0.15) is 18.1 Å². The third-order valence-electron chi connectivity index (χ3n) is 3.41. The van der Waals surface area contributed by atoms with Crippen molar-refractivity contribution in [3.8, 4) is 0 Å². The van der Waals surface area contributed by atoms with E-state index < -0.39 is 17.8 Å². The molecule has 2 aromatic rings. The number of aromatic nitrogens is 1. The van der Waals surface area contributed by atoms with Gasteiger partial charge in [-0.2, -0.15) is 0 Å².